The Balaban J connectivity index is 1.60. The van der Waals surface area contributed by atoms with Gasteiger partial charge in [0, 0.05) is 23.9 Å². The van der Waals surface area contributed by atoms with Gasteiger partial charge in [-0.05, 0) is 31.4 Å². The van der Waals surface area contributed by atoms with E-state index in [0.717, 1.165) is 46.5 Å². The molecule has 6 nitrogen and oxygen atoms in total. The number of thiophene rings is 1. The van der Waals surface area contributed by atoms with Crippen LogP contribution in [0.3, 0.4) is 0 Å². The summed E-state index contributed by atoms with van der Waals surface area (Å²) in [6, 6.07) is 10.4. The number of rotatable bonds is 4. The minimum absolute atomic E-state index is 0.114. The van der Waals surface area contributed by atoms with Crippen LogP contribution in [-0.4, -0.2) is 27.1 Å². The number of nitrogens with one attached hydrogen (secondary N) is 2. The molecule has 1 aliphatic heterocycles. The molecule has 1 aromatic carbocycles. The Labute approximate surface area is 172 Å². The highest BCUT2D eigenvalue weighted by atomic mass is 32.1. The Bertz CT molecular complexity index is 1260. The molecule has 7 heteroatoms. The lowest BCUT2D eigenvalue weighted by atomic mass is 9.90. The maximum Gasteiger partial charge on any atom is 0.268 e. The van der Waals surface area contributed by atoms with Crippen LogP contribution in [0.15, 0.2) is 41.5 Å². The van der Waals surface area contributed by atoms with Gasteiger partial charge < -0.3 is 15.0 Å². The van der Waals surface area contributed by atoms with Crippen LogP contribution in [0.5, 0.6) is 0 Å². The molecule has 2 N–H and O–H groups in total. The fourth-order valence-electron chi connectivity index (χ4n) is 3.93. The molecule has 0 bridgehead atoms. The first-order valence-corrected chi connectivity index (χ1v) is 10.6. The third kappa shape index (κ3) is 3.30. The molecular weight excluding hydrogens is 384 g/mol. The van der Waals surface area contributed by atoms with Crippen LogP contribution in [0.1, 0.15) is 30.5 Å². The van der Waals surface area contributed by atoms with Gasteiger partial charge in [0.05, 0.1) is 24.1 Å². The Morgan fingerprint density at radius 1 is 1.24 bits per heavy atom. The summed E-state index contributed by atoms with van der Waals surface area (Å²) >= 11 is 1.41. The zero-order valence-electron chi connectivity index (χ0n) is 16.4. The summed E-state index contributed by atoms with van der Waals surface area (Å²) in [5.74, 6) is 0.849. The van der Waals surface area contributed by atoms with E-state index in [0.29, 0.717) is 11.3 Å². The zero-order chi connectivity index (χ0) is 20.0. The van der Waals surface area contributed by atoms with Crippen molar-refractivity contribution in [3.8, 4) is 0 Å². The minimum Gasteiger partial charge on any atom is -0.370 e. The molecule has 4 heterocycles. The number of hydrogen-bond acceptors (Lipinski definition) is 6. The quantitative estimate of drug-likeness (QED) is 0.535. The van der Waals surface area contributed by atoms with Crippen molar-refractivity contribution in [1.82, 2.24) is 15.0 Å². The molecule has 29 heavy (non-hydrogen) atoms. The van der Waals surface area contributed by atoms with E-state index >= 15 is 0 Å². The summed E-state index contributed by atoms with van der Waals surface area (Å²) in [6.07, 6.45) is 3.14. The number of fused-ring (bicyclic) bond motifs is 5. The van der Waals surface area contributed by atoms with Crippen molar-refractivity contribution in [3.05, 3.63) is 63.7 Å². The third-order valence-corrected chi connectivity index (χ3v) is 6.46. The summed E-state index contributed by atoms with van der Waals surface area (Å²) in [5.41, 5.74) is 3.91. The SMILES string of the molecule is CC1(C)Cc2c(c(NCCc3ccccc3)nc3sc4c(=O)[nH]cnc4c23)CO1. The number of anilines is 1. The molecule has 0 amide bonds. The summed E-state index contributed by atoms with van der Waals surface area (Å²) in [7, 11) is 0. The van der Waals surface area contributed by atoms with Crippen molar-refractivity contribution in [3.63, 3.8) is 0 Å². The van der Waals surface area contributed by atoms with E-state index in [2.05, 4.69) is 53.4 Å². The van der Waals surface area contributed by atoms with E-state index < -0.39 is 0 Å². The number of H-pyrrole nitrogens is 1. The lowest BCUT2D eigenvalue weighted by molar-refractivity contribution is -0.0394. The standard InChI is InChI=1S/C22H22N4O2S/c1-22(2)10-14-15(11-28-22)19(23-9-8-13-6-4-3-5-7-13)26-21-16(14)17-18(29-21)20(27)25-12-24-17/h3-7,12H,8-11H2,1-2H3,(H,23,26)(H,24,25,27). The number of nitrogens with zero attached hydrogens (tertiary/aromatic N) is 2. The molecule has 0 aliphatic carbocycles. The van der Waals surface area contributed by atoms with Gasteiger partial charge in [-0.25, -0.2) is 9.97 Å². The number of aromatic amines is 1. The van der Waals surface area contributed by atoms with Gasteiger partial charge in [-0.15, -0.1) is 11.3 Å². The van der Waals surface area contributed by atoms with Gasteiger partial charge in [0.1, 0.15) is 15.3 Å². The molecular formula is C22H22N4O2S. The van der Waals surface area contributed by atoms with E-state index in [1.54, 1.807) is 0 Å². The van der Waals surface area contributed by atoms with Crippen molar-refractivity contribution >= 4 is 37.6 Å². The van der Waals surface area contributed by atoms with Crippen LogP contribution in [0.25, 0.3) is 20.4 Å². The maximum absolute atomic E-state index is 12.3. The van der Waals surface area contributed by atoms with Crippen molar-refractivity contribution < 1.29 is 4.74 Å². The summed E-state index contributed by atoms with van der Waals surface area (Å²) in [6.45, 7) is 5.47. The Morgan fingerprint density at radius 3 is 2.90 bits per heavy atom. The van der Waals surface area contributed by atoms with Crippen LogP contribution in [0.4, 0.5) is 5.82 Å². The first-order valence-electron chi connectivity index (χ1n) is 9.75. The molecule has 0 radical (unpaired) electrons. The van der Waals surface area contributed by atoms with Gasteiger partial charge in [-0.3, -0.25) is 4.79 Å². The van der Waals surface area contributed by atoms with Gasteiger partial charge >= 0.3 is 0 Å². The summed E-state index contributed by atoms with van der Waals surface area (Å²) < 4.78 is 6.72. The number of benzene rings is 1. The highest BCUT2D eigenvalue weighted by Crippen LogP contribution is 2.40. The molecule has 5 rings (SSSR count). The fourth-order valence-corrected chi connectivity index (χ4v) is 4.99. The molecule has 0 spiro atoms. The van der Waals surface area contributed by atoms with E-state index in [4.69, 9.17) is 9.72 Å². The molecule has 4 aromatic rings. The van der Waals surface area contributed by atoms with Crippen LogP contribution in [-0.2, 0) is 24.2 Å². The van der Waals surface area contributed by atoms with Crippen LogP contribution < -0.4 is 10.9 Å². The van der Waals surface area contributed by atoms with Crippen LogP contribution >= 0.6 is 11.3 Å². The van der Waals surface area contributed by atoms with Gasteiger partial charge in [-0.1, -0.05) is 30.3 Å². The van der Waals surface area contributed by atoms with Crippen molar-refractivity contribution in [2.75, 3.05) is 11.9 Å². The highest BCUT2D eigenvalue weighted by Gasteiger charge is 2.31. The predicted molar refractivity (Wildman–Crippen MR) is 117 cm³/mol. The second-order valence-electron chi connectivity index (χ2n) is 8.00. The van der Waals surface area contributed by atoms with Crippen molar-refractivity contribution in [2.24, 2.45) is 0 Å². The second-order valence-corrected chi connectivity index (χ2v) is 9.00. The predicted octanol–water partition coefficient (Wildman–Crippen LogP) is 4.04. The van der Waals surface area contributed by atoms with Gasteiger partial charge in [-0.2, -0.15) is 0 Å². The maximum atomic E-state index is 12.3. The lowest BCUT2D eigenvalue weighted by Gasteiger charge is -2.33. The van der Waals surface area contributed by atoms with Crippen molar-refractivity contribution in [1.29, 1.82) is 0 Å². The van der Waals surface area contributed by atoms with E-state index in [9.17, 15) is 4.79 Å². The molecule has 1 aliphatic rings. The molecule has 3 aromatic heterocycles. The lowest BCUT2D eigenvalue weighted by Crippen LogP contribution is -2.32. The minimum atomic E-state index is -0.266. The smallest absolute Gasteiger partial charge is 0.268 e. The topological polar surface area (TPSA) is 79.9 Å². The van der Waals surface area contributed by atoms with E-state index in [1.165, 1.54) is 28.8 Å². The number of hydrogen-bond donors (Lipinski definition) is 2. The number of aromatic nitrogens is 3. The zero-order valence-corrected chi connectivity index (χ0v) is 17.2. The fraction of sp³-hybridized carbons (Fsp3) is 0.318. The van der Waals surface area contributed by atoms with Gasteiger partial charge in [0.2, 0.25) is 0 Å². The average molecular weight is 407 g/mol. The number of ether oxygens (including phenoxy) is 1. The van der Waals surface area contributed by atoms with Gasteiger partial charge in [0.15, 0.2) is 0 Å². The molecule has 148 valence electrons. The summed E-state index contributed by atoms with van der Waals surface area (Å²) in [4.78, 5) is 25.2. The van der Waals surface area contributed by atoms with Crippen LogP contribution in [0.2, 0.25) is 0 Å². The first kappa shape index (κ1) is 18.3. The van der Waals surface area contributed by atoms with Gasteiger partial charge in [0.25, 0.3) is 5.56 Å². The Hall–Kier alpha value is -2.77. The Morgan fingerprint density at radius 2 is 2.07 bits per heavy atom. The third-order valence-electron chi connectivity index (χ3n) is 5.38. The van der Waals surface area contributed by atoms with E-state index in [-0.39, 0.29) is 11.2 Å². The highest BCUT2D eigenvalue weighted by molar-refractivity contribution is 7.25. The summed E-state index contributed by atoms with van der Waals surface area (Å²) in [5, 5.41) is 4.51. The average Bonchev–Trinajstić information content (AvgIpc) is 3.08. The van der Waals surface area contributed by atoms with Crippen LogP contribution in [0, 0.1) is 0 Å². The largest absolute Gasteiger partial charge is 0.370 e. The van der Waals surface area contributed by atoms with E-state index in [1.807, 2.05) is 6.07 Å². The monoisotopic (exact) mass is 406 g/mol. The Kier molecular flexibility index (Phi) is 4.37. The first-order chi connectivity index (χ1) is 14.0. The molecule has 0 saturated carbocycles. The molecule has 0 atom stereocenters. The molecule has 0 saturated heterocycles. The number of pyridine rings is 1. The second kappa shape index (κ2) is 6.93. The normalized spacial score (nSPS) is 15.5. The molecule has 0 unspecified atom stereocenters. The van der Waals surface area contributed by atoms with Crippen molar-refractivity contribution in [2.45, 2.75) is 38.9 Å². The molecule has 0 fully saturated rings.